The van der Waals surface area contributed by atoms with Gasteiger partial charge in [0.05, 0.1) is 10.9 Å². The Balaban J connectivity index is 1.47. The second kappa shape index (κ2) is 10.9. The molecule has 4 aromatic rings. The predicted octanol–water partition coefficient (Wildman–Crippen LogP) is 8.59. The third-order valence-electron chi connectivity index (χ3n) is 6.91. The van der Waals surface area contributed by atoms with Crippen molar-refractivity contribution in [1.82, 2.24) is 0 Å². The summed E-state index contributed by atoms with van der Waals surface area (Å²) >= 11 is 0. The maximum Gasteiger partial charge on any atom is 0.170 e. The van der Waals surface area contributed by atoms with Gasteiger partial charge in [-0.05, 0) is 99.9 Å². The summed E-state index contributed by atoms with van der Waals surface area (Å²) in [7, 11) is -0.407. The smallest absolute Gasteiger partial charge is 0.170 e. The van der Waals surface area contributed by atoms with E-state index in [1.807, 2.05) is 42.5 Å². The number of hydrogen-bond acceptors (Lipinski definition) is 1. The number of hydrogen-bond donors (Lipinski definition) is 0. The average Bonchev–Trinajstić information content (AvgIpc) is 3.35. The lowest BCUT2D eigenvalue weighted by Gasteiger charge is -2.25. The quantitative estimate of drug-likeness (QED) is 0.194. The van der Waals surface area contributed by atoms with Crippen LogP contribution in [0.4, 0.5) is 4.39 Å². The van der Waals surface area contributed by atoms with Crippen molar-refractivity contribution in [2.24, 2.45) is 0 Å². The summed E-state index contributed by atoms with van der Waals surface area (Å²) in [5, 5.41) is 0. The molecule has 1 aliphatic carbocycles. The third-order valence-corrected chi connectivity index (χ3v) is 9.12. The van der Waals surface area contributed by atoms with Gasteiger partial charge in [-0.25, -0.2) is 4.39 Å². The molecule has 0 heterocycles. The summed E-state index contributed by atoms with van der Waals surface area (Å²) in [5.74, 6) is 6.79. The van der Waals surface area contributed by atoms with Gasteiger partial charge < -0.3 is 4.74 Å². The van der Waals surface area contributed by atoms with Crippen molar-refractivity contribution in [1.29, 1.82) is 0 Å². The van der Waals surface area contributed by atoms with E-state index in [2.05, 4.69) is 69.0 Å². The van der Waals surface area contributed by atoms with Crippen molar-refractivity contribution in [3.8, 4) is 17.6 Å². The normalized spacial score (nSPS) is 14.3. The van der Waals surface area contributed by atoms with Crippen molar-refractivity contribution in [2.45, 2.75) is 66.7 Å². The molecule has 0 atom stereocenters. The Morgan fingerprint density at radius 3 is 1.84 bits per heavy atom. The first-order chi connectivity index (χ1) is 17.9. The van der Waals surface area contributed by atoms with E-state index in [-0.39, 0.29) is 11.6 Å². The minimum absolute atomic E-state index is 0.280. The minimum Gasteiger partial charge on any atom is -0.471 e. The molecule has 0 saturated heterocycles. The van der Waals surface area contributed by atoms with E-state index in [0.29, 0.717) is 0 Å². The van der Waals surface area contributed by atoms with Crippen molar-refractivity contribution in [2.75, 3.05) is 0 Å². The van der Waals surface area contributed by atoms with Gasteiger partial charge in [-0.3, -0.25) is 0 Å². The molecule has 0 spiro atoms. The van der Waals surface area contributed by atoms with Crippen LogP contribution in [0.2, 0.25) is 0 Å². The van der Waals surface area contributed by atoms with E-state index >= 15 is 4.39 Å². The lowest BCUT2D eigenvalue weighted by atomic mass is 9.97. The number of aryl methyl sites for hydroxylation is 3. The van der Waals surface area contributed by atoms with Crippen LogP contribution in [0.25, 0.3) is 0 Å². The molecule has 0 radical (unpaired) electrons. The first-order valence-corrected chi connectivity index (χ1v) is 14.1. The van der Waals surface area contributed by atoms with Gasteiger partial charge in [0.2, 0.25) is 0 Å². The molecule has 0 unspecified atom stereocenters. The average molecular weight is 508 g/mol. The molecule has 4 aromatic carbocycles. The summed E-state index contributed by atoms with van der Waals surface area (Å²) in [5.41, 5.74) is 3.96. The molecule has 5 rings (SSSR count). The van der Waals surface area contributed by atoms with Crippen LogP contribution in [0.5, 0.6) is 5.75 Å². The Morgan fingerprint density at radius 2 is 1.30 bits per heavy atom. The summed E-state index contributed by atoms with van der Waals surface area (Å²) in [6, 6.07) is 30.3. The van der Waals surface area contributed by atoms with Crippen LogP contribution in [0, 0.1) is 38.4 Å². The molecular formula is C34H32FOS+. The summed E-state index contributed by atoms with van der Waals surface area (Å²) in [4.78, 5) is 3.24. The molecule has 0 aliphatic heterocycles. The van der Waals surface area contributed by atoms with Crippen LogP contribution < -0.4 is 4.74 Å². The van der Waals surface area contributed by atoms with Crippen LogP contribution >= 0.6 is 0 Å². The Morgan fingerprint density at radius 1 is 0.730 bits per heavy atom. The van der Waals surface area contributed by atoms with E-state index < -0.39 is 16.5 Å². The predicted molar refractivity (Wildman–Crippen MR) is 151 cm³/mol. The maximum absolute atomic E-state index is 15.6. The van der Waals surface area contributed by atoms with Crippen molar-refractivity contribution >= 4 is 10.9 Å². The fourth-order valence-corrected chi connectivity index (χ4v) is 7.28. The SMILES string of the molecule is Cc1cc(C)c(C#CC2(Oc3ccc([S+](c4ccccc4)c4ccccc4)cc3F)CCCC2)c(C)c1. The van der Waals surface area contributed by atoms with Gasteiger partial charge in [0.25, 0.3) is 0 Å². The van der Waals surface area contributed by atoms with Gasteiger partial charge in [-0.15, -0.1) is 0 Å². The van der Waals surface area contributed by atoms with Crippen LogP contribution in [0.3, 0.4) is 0 Å². The molecule has 0 bridgehead atoms. The second-order valence-corrected chi connectivity index (χ2v) is 11.9. The Bertz CT molecular complexity index is 1380. The van der Waals surface area contributed by atoms with E-state index in [0.717, 1.165) is 45.9 Å². The van der Waals surface area contributed by atoms with Crippen LogP contribution in [0.1, 0.15) is 47.9 Å². The first-order valence-electron chi connectivity index (χ1n) is 12.9. The van der Waals surface area contributed by atoms with Crippen molar-refractivity contribution in [3.05, 3.63) is 119 Å². The lowest BCUT2D eigenvalue weighted by molar-refractivity contribution is 0.131. The van der Waals surface area contributed by atoms with Crippen LogP contribution in [-0.2, 0) is 10.9 Å². The van der Waals surface area contributed by atoms with Gasteiger partial charge in [-0.2, -0.15) is 0 Å². The van der Waals surface area contributed by atoms with Gasteiger partial charge in [0.1, 0.15) is 0 Å². The molecule has 0 aromatic heterocycles. The highest BCUT2D eigenvalue weighted by Crippen LogP contribution is 2.38. The van der Waals surface area contributed by atoms with E-state index in [1.54, 1.807) is 12.1 Å². The summed E-state index contributed by atoms with van der Waals surface area (Å²) in [6.45, 7) is 6.30. The Kier molecular flexibility index (Phi) is 7.40. The zero-order valence-corrected chi connectivity index (χ0v) is 22.5. The maximum atomic E-state index is 15.6. The molecular weight excluding hydrogens is 475 g/mol. The van der Waals surface area contributed by atoms with E-state index in [9.17, 15) is 0 Å². The Hall–Kier alpha value is -3.48. The summed E-state index contributed by atoms with van der Waals surface area (Å²) < 4.78 is 22.1. The summed E-state index contributed by atoms with van der Waals surface area (Å²) in [6.07, 6.45) is 3.69. The molecule has 1 aliphatic rings. The Labute approximate surface area is 223 Å². The van der Waals surface area contributed by atoms with Crippen molar-refractivity contribution in [3.63, 3.8) is 0 Å². The molecule has 1 saturated carbocycles. The molecule has 0 amide bonds. The number of rotatable bonds is 5. The zero-order valence-electron chi connectivity index (χ0n) is 21.7. The fourth-order valence-electron chi connectivity index (χ4n) is 5.18. The first kappa shape index (κ1) is 25.2. The minimum atomic E-state index is -0.660. The van der Waals surface area contributed by atoms with Crippen molar-refractivity contribution < 1.29 is 9.13 Å². The van der Waals surface area contributed by atoms with E-state index in [1.165, 1.54) is 16.7 Å². The molecule has 0 N–H and O–H groups in total. The molecule has 3 heteroatoms. The van der Waals surface area contributed by atoms with Gasteiger partial charge in [0, 0.05) is 11.6 Å². The highest BCUT2D eigenvalue weighted by Gasteiger charge is 2.36. The van der Waals surface area contributed by atoms with Gasteiger partial charge in [-0.1, -0.05) is 60.0 Å². The highest BCUT2D eigenvalue weighted by molar-refractivity contribution is 7.97. The number of halogens is 1. The number of ether oxygens (including phenoxy) is 1. The fraction of sp³-hybridized carbons (Fsp3) is 0.235. The molecule has 1 nitrogen and oxygen atoms in total. The largest absolute Gasteiger partial charge is 0.471 e. The monoisotopic (exact) mass is 507 g/mol. The molecule has 1 fully saturated rings. The van der Waals surface area contributed by atoms with E-state index in [4.69, 9.17) is 4.74 Å². The third kappa shape index (κ3) is 5.60. The van der Waals surface area contributed by atoms with Gasteiger partial charge >= 0.3 is 0 Å². The molecule has 186 valence electrons. The zero-order chi connectivity index (χ0) is 25.8. The van der Waals surface area contributed by atoms with Gasteiger partial charge in [0.15, 0.2) is 31.9 Å². The molecule has 37 heavy (non-hydrogen) atoms. The number of benzene rings is 4. The lowest BCUT2D eigenvalue weighted by Crippen LogP contribution is -2.31. The second-order valence-electron chi connectivity index (χ2n) is 9.85. The highest BCUT2D eigenvalue weighted by atomic mass is 32.2. The van der Waals surface area contributed by atoms with Crippen LogP contribution in [0.15, 0.2) is 106 Å². The van der Waals surface area contributed by atoms with Crippen LogP contribution in [-0.4, -0.2) is 5.60 Å². The standard InChI is InChI=1S/C34H32FOS/c1-25-22-26(2)31(27(3)23-25)18-21-34(19-10-11-20-34)36-33-17-16-30(24-32(33)35)37(28-12-6-4-7-13-28)29-14-8-5-9-15-29/h4-9,12-17,22-24H,10-11,19-20H2,1-3H3/q+1. The topological polar surface area (TPSA) is 9.23 Å².